The zero-order chi connectivity index (χ0) is 13.9. The van der Waals surface area contributed by atoms with Crippen molar-refractivity contribution in [1.82, 2.24) is 15.2 Å². The largest absolute Gasteiger partial charge is 0.356 e. The van der Waals surface area contributed by atoms with Gasteiger partial charge in [0.1, 0.15) is 5.82 Å². The minimum atomic E-state index is 0.792. The molecule has 2 fully saturated rings. The van der Waals surface area contributed by atoms with Crippen LogP contribution in [0.4, 0.5) is 5.82 Å². The van der Waals surface area contributed by atoms with Gasteiger partial charge in [-0.25, -0.2) is 4.98 Å². The van der Waals surface area contributed by atoms with Crippen LogP contribution < -0.4 is 10.2 Å². The Morgan fingerprint density at radius 1 is 1.30 bits per heavy atom. The maximum Gasteiger partial charge on any atom is 0.128 e. The topological polar surface area (TPSA) is 31.4 Å². The van der Waals surface area contributed by atoms with Gasteiger partial charge in [-0.3, -0.25) is 0 Å². The average molecular weight is 274 g/mol. The van der Waals surface area contributed by atoms with Crippen LogP contribution in [0.15, 0.2) is 18.2 Å². The third kappa shape index (κ3) is 2.81. The normalized spacial score (nSPS) is 27.4. The molecular weight excluding hydrogens is 248 g/mol. The lowest BCUT2D eigenvalue weighted by molar-refractivity contribution is 0.102. The number of nitrogens with zero attached hydrogens (tertiary/aromatic N) is 3. The summed E-state index contributed by atoms with van der Waals surface area (Å²) < 4.78 is 0. The molecule has 2 saturated heterocycles. The molecule has 0 bridgehead atoms. The number of hydrogen-bond acceptors (Lipinski definition) is 4. The van der Waals surface area contributed by atoms with E-state index in [0.29, 0.717) is 0 Å². The van der Waals surface area contributed by atoms with Crippen molar-refractivity contribution < 1.29 is 0 Å². The van der Waals surface area contributed by atoms with Gasteiger partial charge in [-0.2, -0.15) is 0 Å². The third-order valence-electron chi connectivity index (χ3n) is 4.82. The molecule has 3 heterocycles. The lowest BCUT2D eigenvalue weighted by atomic mass is 9.84. The summed E-state index contributed by atoms with van der Waals surface area (Å²) in [5.74, 6) is 1.97. The highest BCUT2D eigenvalue weighted by Gasteiger charge is 2.34. The number of rotatable bonds is 3. The van der Waals surface area contributed by atoms with Crippen LogP contribution >= 0.6 is 0 Å². The monoisotopic (exact) mass is 274 g/mol. The van der Waals surface area contributed by atoms with Crippen LogP contribution in [0.2, 0.25) is 0 Å². The van der Waals surface area contributed by atoms with Crippen molar-refractivity contribution in [1.29, 1.82) is 0 Å². The van der Waals surface area contributed by atoms with Crippen LogP contribution in [0.5, 0.6) is 0 Å². The SMILES string of the molecule is CNCc1cccc(N2CCC3C(CCCN3C)C2)n1. The molecule has 1 N–H and O–H groups in total. The Morgan fingerprint density at radius 3 is 3.05 bits per heavy atom. The first kappa shape index (κ1) is 13.8. The molecule has 1 aromatic heterocycles. The average Bonchev–Trinajstić information content (AvgIpc) is 2.48. The number of piperidine rings is 2. The number of nitrogens with one attached hydrogen (secondary N) is 1. The van der Waals surface area contributed by atoms with Crippen LogP contribution in [0.3, 0.4) is 0 Å². The number of anilines is 1. The minimum Gasteiger partial charge on any atom is -0.356 e. The van der Waals surface area contributed by atoms with Crippen molar-refractivity contribution in [2.45, 2.75) is 31.8 Å². The Labute approximate surface area is 122 Å². The highest BCUT2D eigenvalue weighted by molar-refractivity contribution is 5.40. The smallest absolute Gasteiger partial charge is 0.128 e. The van der Waals surface area contributed by atoms with Crippen LogP contribution in [-0.4, -0.2) is 49.7 Å². The molecule has 110 valence electrons. The molecule has 0 amide bonds. The molecular formula is C16H26N4. The van der Waals surface area contributed by atoms with Crippen LogP contribution in [-0.2, 0) is 6.54 Å². The fourth-order valence-corrected chi connectivity index (χ4v) is 3.78. The molecule has 0 spiro atoms. The molecule has 3 rings (SSSR count). The molecule has 1 aromatic rings. The van der Waals surface area contributed by atoms with Gasteiger partial charge in [0.2, 0.25) is 0 Å². The van der Waals surface area contributed by atoms with E-state index < -0.39 is 0 Å². The predicted molar refractivity (Wildman–Crippen MR) is 83.0 cm³/mol. The fourth-order valence-electron chi connectivity index (χ4n) is 3.78. The summed E-state index contributed by atoms with van der Waals surface area (Å²) in [6, 6.07) is 7.18. The highest BCUT2D eigenvalue weighted by Crippen LogP contribution is 2.31. The van der Waals surface area contributed by atoms with Gasteiger partial charge in [0.15, 0.2) is 0 Å². The highest BCUT2D eigenvalue weighted by atomic mass is 15.2. The van der Waals surface area contributed by atoms with Gasteiger partial charge in [0, 0.05) is 25.7 Å². The Balaban J connectivity index is 1.71. The van der Waals surface area contributed by atoms with Crippen molar-refractivity contribution in [3.8, 4) is 0 Å². The summed E-state index contributed by atoms with van der Waals surface area (Å²) in [5.41, 5.74) is 1.13. The van der Waals surface area contributed by atoms with Crippen molar-refractivity contribution in [2.24, 2.45) is 5.92 Å². The summed E-state index contributed by atoms with van der Waals surface area (Å²) in [6.07, 6.45) is 4.00. The Hall–Kier alpha value is -1.13. The van der Waals surface area contributed by atoms with E-state index >= 15 is 0 Å². The molecule has 2 aliphatic rings. The third-order valence-corrected chi connectivity index (χ3v) is 4.82. The molecule has 4 heteroatoms. The number of hydrogen-bond donors (Lipinski definition) is 1. The zero-order valence-electron chi connectivity index (χ0n) is 12.7. The van der Waals surface area contributed by atoms with E-state index in [-0.39, 0.29) is 0 Å². The maximum absolute atomic E-state index is 4.79. The van der Waals surface area contributed by atoms with Crippen molar-refractivity contribution in [3.63, 3.8) is 0 Å². The first-order chi connectivity index (χ1) is 9.78. The summed E-state index contributed by atoms with van der Waals surface area (Å²) >= 11 is 0. The quantitative estimate of drug-likeness (QED) is 0.909. The molecule has 0 aromatic carbocycles. The van der Waals surface area contributed by atoms with Crippen molar-refractivity contribution in [3.05, 3.63) is 23.9 Å². The van der Waals surface area contributed by atoms with Gasteiger partial charge in [-0.15, -0.1) is 0 Å². The van der Waals surface area contributed by atoms with Gasteiger partial charge in [-0.05, 0) is 58.0 Å². The Morgan fingerprint density at radius 2 is 2.20 bits per heavy atom. The van der Waals surface area contributed by atoms with Gasteiger partial charge >= 0.3 is 0 Å². The molecule has 20 heavy (non-hydrogen) atoms. The minimum absolute atomic E-state index is 0.792. The van der Waals surface area contributed by atoms with E-state index in [1.54, 1.807) is 0 Å². The standard InChI is InChI=1S/C16H26N4/c1-17-11-14-6-3-7-16(18-14)20-10-8-15-13(12-20)5-4-9-19(15)2/h3,6-7,13,15,17H,4-5,8-12H2,1-2H3. The molecule has 2 atom stereocenters. The molecule has 0 saturated carbocycles. The molecule has 4 nitrogen and oxygen atoms in total. The van der Waals surface area contributed by atoms with Gasteiger partial charge in [0.25, 0.3) is 0 Å². The van der Waals surface area contributed by atoms with E-state index in [2.05, 4.69) is 40.4 Å². The summed E-state index contributed by atoms with van der Waals surface area (Å²) in [4.78, 5) is 9.84. The second-order valence-corrected chi connectivity index (χ2v) is 6.20. The second-order valence-electron chi connectivity index (χ2n) is 6.20. The van der Waals surface area contributed by atoms with Crippen LogP contribution in [0.1, 0.15) is 25.0 Å². The van der Waals surface area contributed by atoms with E-state index in [4.69, 9.17) is 4.98 Å². The lowest BCUT2D eigenvalue weighted by Gasteiger charge is -2.46. The molecule has 0 radical (unpaired) electrons. The molecule has 0 aliphatic carbocycles. The van der Waals surface area contributed by atoms with Crippen LogP contribution in [0.25, 0.3) is 0 Å². The summed E-state index contributed by atoms with van der Waals surface area (Å²) in [5, 5.41) is 3.18. The number of pyridine rings is 1. The predicted octanol–water partition coefficient (Wildman–Crippen LogP) is 1.72. The lowest BCUT2D eigenvalue weighted by Crippen LogP contribution is -2.52. The van der Waals surface area contributed by atoms with Gasteiger partial charge < -0.3 is 15.1 Å². The van der Waals surface area contributed by atoms with Crippen molar-refractivity contribution in [2.75, 3.05) is 38.6 Å². The zero-order valence-corrected chi connectivity index (χ0v) is 12.7. The Bertz CT molecular complexity index is 448. The van der Waals surface area contributed by atoms with Crippen molar-refractivity contribution >= 4 is 5.82 Å². The fraction of sp³-hybridized carbons (Fsp3) is 0.688. The first-order valence-electron chi connectivity index (χ1n) is 7.83. The van der Waals surface area contributed by atoms with E-state index in [1.165, 1.54) is 32.4 Å². The van der Waals surface area contributed by atoms with Gasteiger partial charge in [-0.1, -0.05) is 6.07 Å². The summed E-state index contributed by atoms with van der Waals surface area (Å²) in [7, 11) is 4.26. The second kappa shape index (κ2) is 6.10. The van der Waals surface area contributed by atoms with Gasteiger partial charge in [0.05, 0.1) is 5.69 Å². The maximum atomic E-state index is 4.79. The summed E-state index contributed by atoms with van der Waals surface area (Å²) in [6.45, 7) is 4.43. The molecule has 2 aliphatic heterocycles. The Kier molecular flexibility index (Phi) is 4.22. The van der Waals surface area contributed by atoms with E-state index in [9.17, 15) is 0 Å². The van der Waals surface area contributed by atoms with Crippen LogP contribution in [0, 0.1) is 5.92 Å². The molecule has 2 unspecified atom stereocenters. The van der Waals surface area contributed by atoms with E-state index in [0.717, 1.165) is 36.6 Å². The van der Waals surface area contributed by atoms with E-state index in [1.807, 2.05) is 7.05 Å². The number of aromatic nitrogens is 1. The first-order valence-corrected chi connectivity index (χ1v) is 7.83. The number of likely N-dealkylation sites (tertiary alicyclic amines) is 1. The number of fused-ring (bicyclic) bond motifs is 1.